The second-order valence-corrected chi connectivity index (χ2v) is 5.71. The number of rotatable bonds is 10. The van der Waals surface area contributed by atoms with Gasteiger partial charge in [0.25, 0.3) is 0 Å². The van der Waals surface area contributed by atoms with Crippen molar-refractivity contribution in [2.24, 2.45) is 0 Å². The summed E-state index contributed by atoms with van der Waals surface area (Å²) >= 11 is 0. The van der Waals surface area contributed by atoms with E-state index in [1.54, 1.807) is 0 Å². The summed E-state index contributed by atoms with van der Waals surface area (Å²) < 4.78 is 5.72. The second kappa shape index (κ2) is 10.6. The predicted octanol–water partition coefficient (Wildman–Crippen LogP) is 1.47. The molecule has 1 rings (SSSR count). The lowest BCUT2D eigenvalue weighted by atomic mass is 10.0. The lowest BCUT2D eigenvalue weighted by Crippen LogP contribution is -2.46. The zero-order chi connectivity index (χ0) is 13.9. The molecule has 0 radical (unpaired) electrons. The van der Waals surface area contributed by atoms with Gasteiger partial charge in [-0.3, -0.25) is 4.90 Å². The first-order chi connectivity index (χ1) is 9.24. The van der Waals surface area contributed by atoms with Crippen molar-refractivity contribution in [3.05, 3.63) is 0 Å². The molecule has 0 amide bonds. The number of nitrogens with one attached hydrogen (secondary N) is 2. The van der Waals surface area contributed by atoms with Crippen molar-refractivity contribution in [2.45, 2.75) is 52.1 Å². The molecular formula is C15H33N3O. The van der Waals surface area contributed by atoms with Crippen molar-refractivity contribution < 1.29 is 4.74 Å². The number of hydrogen-bond acceptors (Lipinski definition) is 4. The number of hydrogen-bond donors (Lipinski definition) is 2. The molecule has 1 aliphatic heterocycles. The molecule has 0 aromatic carbocycles. The van der Waals surface area contributed by atoms with E-state index in [2.05, 4.69) is 36.3 Å². The van der Waals surface area contributed by atoms with Gasteiger partial charge in [-0.15, -0.1) is 0 Å². The summed E-state index contributed by atoms with van der Waals surface area (Å²) in [6, 6.07) is 1.27. The van der Waals surface area contributed by atoms with E-state index in [9.17, 15) is 0 Å². The van der Waals surface area contributed by atoms with Gasteiger partial charge >= 0.3 is 0 Å². The summed E-state index contributed by atoms with van der Waals surface area (Å²) in [7, 11) is 0. The number of nitrogens with zero attached hydrogens (tertiary/aromatic N) is 1. The third-order valence-corrected chi connectivity index (χ3v) is 3.70. The van der Waals surface area contributed by atoms with E-state index in [0.29, 0.717) is 12.1 Å². The molecule has 0 spiro atoms. The summed E-state index contributed by atoms with van der Waals surface area (Å²) in [4.78, 5) is 2.60. The molecule has 0 bridgehead atoms. The fourth-order valence-electron chi connectivity index (χ4n) is 2.60. The highest BCUT2D eigenvalue weighted by Crippen LogP contribution is 2.15. The lowest BCUT2D eigenvalue weighted by molar-refractivity contribution is 0.0722. The van der Waals surface area contributed by atoms with Gasteiger partial charge in [-0.1, -0.05) is 27.2 Å². The van der Waals surface area contributed by atoms with Crippen LogP contribution in [0, 0.1) is 0 Å². The predicted molar refractivity (Wildman–Crippen MR) is 81.7 cm³/mol. The second-order valence-electron chi connectivity index (χ2n) is 5.71. The van der Waals surface area contributed by atoms with Gasteiger partial charge < -0.3 is 15.4 Å². The highest BCUT2D eigenvalue weighted by Gasteiger charge is 2.21. The number of piperidine rings is 1. The first-order valence-corrected chi connectivity index (χ1v) is 8.00. The van der Waals surface area contributed by atoms with E-state index < -0.39 is 0 Å². The molecule has 1 saturated heterocycles. The SMILES string of the molecule is CCNCC1CCCCN1CCOCCNC(C)C. The van der Waals surface area contributed by atoms with Gasteiger partial charge in [0, 0.05) is 31.7 Å². The van der Waals surface area contributed by atoms with Crippen LogP contribution in [0.25, 0.3) is 0 Å². The highest BCUT2D eigenvalue weighted by atomic mass is 16.5. The summed E-state index contributed by atoms with van der Waals surface area (Å²) in [5, 5.41) is 6.85. The Labute approximate surface area is 119 Å². The Balaban J connectivity index is 2.08. The zero-order valence-corrected chi connectivity index (χ0v) is 13.1. The molecule has 0 saturated carbocycles. The number of likely N-dealkylation sites (N-methyl/N-ethyl adjacent to an activating group) is 1. The minimum Gasteiger partial charge on any atom is -0.379 e. The molecule has 0 aliphatic carbocycles. The van der Waals surface area contributed by atoms with Gasteiger partial charge in [0.2, 0.25) is 0 Å². The van der Waals surface area contributed by atoms with Crippen LogP contribution in [0.15, 0.2) is 0 Å². The normalized spacial score (nSPS) is 21.2. The molecule has 1 unspecified atom stereocenters. The van der Waals surface area contributed by atoms with Gasteiger partial charge in [-0.05, 0) is 25.9 Å². The van der Waals surface area contributed by atoms with Crippen molar-refractivity contribution in [3.8, 4) is 0 Å². The van der Waals surface area contributed by atoms with Gasteiger partial charge in [0.1, 0.15) is 0 Å². The standard InChI is InChI=1S/C15H33N3O/c1-4-16-13-15-7-5-6-9-18(15)10-12-19-11-8-17-14(2)3/h14-17H,4-13H2,1-3H3. The zero-order valence-electron chi connectivity index (χ0n) is 13.1. The maximum absolute atomic E-state index is 5.72. The minimum absolute atomic E-state index is 0.551. The van der Waals surface area contributed by atoms with Crippen molar-refractivity contribution >= 4 is 0 Å². The summed E-state index contributed by atoms with van der Waals surface area (Å²) in [5.41, 5.74) is 0. The Hall–Kier alpha value is -0.160. The first-order valence-electron chi connectivity index (χ1n) is 8.00. The van der Waals surface area contributed by atoms with E-state index >= 15 is 0 Å². The van der Waals surface area contributed by atoms with Crippen molar-refractivity contribution in [3.63, 3.8) is 0 Å². The largest absolute Gasteiger partial charge is 0.379 e. The van der Waals surface area contributed by atoms with Gasteiger partial charge in [-0.2, -0.15) is 0 Å². The van der Waals surface area contributed by atoms with Crippen LogP contribution >= 0.6 is 0 Å². The fraction of sp³-hybridized carbons (Fsp3) is 1.00. The van der Waals surface area contributed by atoms with E-state index in [0.717, 1.165) is 39.4 Å². The molecule has 0 aromatic heterocycles. The Morgan fingerprint density at radius 3 is 2.84 bits per heavy atom. The van der Waals surface area contributed by atoms with Crippen LogP contribution in [0.5, 0.6) is 0 Å². The van der Waals surface area contributed by atoms with Crippen LogP contribution in [0.4, 0.5) is 0 Å². The van der Waals surface area contributed by atoms with Crippen LogP contribution in [0.1, 0.15) is 40.0 Å². The molecule has 19 heavy (non-hydrogen) atoms. The van der Waals surface area contributed by atoms with Crippen LogP contribution in [0.3, 0.4) is 0 Å². The minimum atomic E-state index is 0.551. The third kappa shape index (κ3) is 7.88. The van der Waals surface area contributed by atoms with Crippen molar-refractivity contribution in [1.82, 2.24) is 15.5 Å². The molecule has 4 heteroatoms. The molecular weight excluding hydrogens is 238 g/mol. The highest BCUT2D eigenvalue weighted by molar-refractivity contribution is 4.78. The van der Waals surface area contributed by atoms with Gasteiger partial charge in [-0.25, -0.2) is 0 Å². The van der Waals surface area contributed by atoms with Gasteiger partial charge in [0.05, 0.1) is 13.2 Å². The summed E-state index contributed by atoms with van der Waals surface area (Å²) in [6.45, 7) is 13.7. The molecule has 114 valence electrons. The fourth-order valence-corrected chi connectivity index (χ4v) is 2.60. The topological polar surface area (TPSA) is 36.5 Å². The smallest absolute Gasteiger partial charge is 0.0594 e. The van der Waals surface area contributed by atoms with E-state index in [-0.39, 0.29) is 0 Å². The van der Waals surface area contributed by atoms with E-state index in [4.69, 9.17) is 4.74 Å². The monoisotopic (exact) mass is 271 g/mol. The maximum Gasteiger partial charge on any atom is 0.0594 e. The molecule has 1 atom stereocenters. The molecule has 1 fully saturated rings. The van der Waals surface area contributed by atoms with Crippen LogP contribution in [-0.2, 0) is 4.74 Å². The molecule has 1 aliphatic rings. The van der Waals surface area contributed by atoms with Crippen LogP contribution < -0.4 is 10.6 Å². The summed E-state index contributed by atoms with van der Waals surface area (Å²) in [6.07, 6.45) is 4.06. The summed E-state index contributed by atoms with van der Waals surface area (Å²) in [5.74, 6) is 0. The molecule has 4 nitrogen and oxygen atoms in total. The quantitative estimate of drug-likeness (QED) is 0.590. The van der Waals surface area contributed by atoms with Crippen LogP contribution in [0.2, 0.25) is 0 Å². The van der Waals surface area contributed by atoms with Gasteiger partial charge in [0.15, 0.2) is 0 Å². The van der Waals surface area contributed by atoms with Crippen molar-refractivity contribution in [2.75, 3.05) is 45.9 Å². The lowest BCUT2D eigenvalue weighted by Gasteiger charge is -2.35. The number of likely N-dealkylation sites (tertiary alicyclic amines) is 1. The first kappa shape index (κ1) is 16.9. The number of ether oxygens (including phenoxy) is 1. The Bertz CT molecular complexity index is 212. The Kier molecular flexibility index (Phi) is 9.43. The average molecular weight is 271 g/mol. The Morgan fingerprint density at radius 1 is 1.26 bits per heavy atom. The van der Waals surface area contributed by atoms with E-state index in [1.165, 1.54) is 25.8 Å². The average Bonchev–Trinajstić information content (AvgIpc) is 2.41. The molecule has 0 aromatic rings. The maximum atomic E-state index is 5.72. The Morgan fingerprint density at radius 2 is 2.11 bits per heavy atom. The van der Waals surface area contributed by atoms with Crippen molar-refractivity contribution in [1.29, 1.82) is 0 Å². The molecule has 2 N–H and O–H groups in total. The molecule has 1 heterocycles. The van der Waals surface area contributed by atoms with Crippen LogP contribution in [-0.4, -0.2) is 62.9 Å². The third-order valence-electron chi connectivity index (χ3n) is 3.70. The van der Waals surface area contributed by atoms with E-state index in [1.807, 2.05) is 0 Å².